The first-order chi connectivity index (χ1) is 10.6. The van der Waals surface area contributed by atoms with Crippen LogP contribution in [0.25, 0.3) is 0 Å². The van der Waals surface area contributed by atoms with E-state index >= 15 is 0 Å². The van der Waals surface area contributed by atoms with Gasteiger partial charge in [-0.05, 0) is 30.3 Å². The quantitative estimate of drug-likeness (QED) is 0.674. The van der Waals surface area contributed by atoms with Crippen molar-refractivity contribution in [2.24, 2.45) is 0 Å². The topological polar surface area (TPSA) is 89.3 Å². The number of anilines is 2. The number of nitro benzene ring substituents is 1. The molecule has 0 aliphatic heterocycles. The summed E-state index contributed by atoms with van der Waals surface area (Å²) >= 11 is 0. The van der Waals surface area contributed by atoms with E-state index in [1.165, 1.54) is 24.3 Å². The number of hydrogen-bond acceptors (Lipinski definition) is 5. The first kappa shape index (κ1) is 16.7. The Labute approximate surface area is 128 Å². The van der Waals surface area contributed by atoms with E-state index in [1.54, 1.807) is 0 Å². The van der Waals surface area contributed by atoms with E-state index in [0.717, 1.165) is 24.3 Å². The molecule has 1 N–H and O–H groups in total. The number of sulfone groups is 1. The molecule has 0 bridgehead atoms. The van der Waals surface area contributed by atoms with E-state index in [4.69, 9.17) is 0 Å². The highest BCUT2D eigenvalue weighted by atomic mass is 32.2. The molecule has 2 aromatic carbocycles. The van der Waals surface area contributed by atoms with Crippen LogP contribution in [0.15, 0.2) is 53.4 Å². The largest absolute Gasteiger partial charge is 0.501 e. The third-order valence-corrected chi connectivity index (χ3v) is 4.35. The maximum Gasteiger partial charge on any atom is 0.501 e. The van der Waals surface area contributed by atoms with Gasteiger partial charge in [-0.15, -0.1) is 0 Å². The van der Waals surface area contributed by atoms with Gasteiger partial charge in [-0.2, -0.15) is 13.2 Å². The molecule has 0 saturated carbocycles. The highest BCUT2D eigenvalue weighted by Crippen LogP contribution is 2.32. The van der Waals surface area contributed by atoms with Gasteiger partial charge in [-0.25, -0.2) is 8.42 Å². The number of nitrogens with one attached hydrogen (secondary N) is 1. The fraction of sp³-hybridized carbons (Fsp3) is 0.0769. The molecular weight excluding hydrogens is 337 g/mol. The number of nitro groups is 1. The van der Waals surface area contributed by atoms with Gasteiger partial charge in [0.05, 0.1) is 9.82 Å². The molecule has 122 valence electrons. The molecule has 0 aliphatic carbocycles. The molecule has 0 aromatic heterocycles. The number of rotatable bonds is 4. The van der Waals surface area contributed by atoms with Crippen LogP contribution >= 0.6 is 0 Å². The number of alkyl halides is 3. The highest BCUT2D eigenvalue weighted by molar-refractivity contribution is 7.92. The lowest BCUT2D eigenvalue weighted by atomic mass is 10.2. The van der Waals surface area contributed by atoms with Crippen LogP contribution in [0.1, 0.15) is 0 Å². The SMILES string of the molecule is O=[N+]([O-])c1ccccc1Nc1ccc(S(=O)(=O)C(F)(F)F)cc1. The summed E-state index contributed by atoms with van der Waals surface area (Å²) in [5.74, 6) is 0. The first-order valence-corrected chi connectivity index (χ1v) is 7.53. The Morgan fingerprint density at radius 3 is 2.09 bits per heavy atom. The van der Waals surface area contributed by atoms with Crippen LogP contribution in [0.4, 0.5) is 30.2 Å². The molecule has 0 unspecified atom stereocenters. The summed E-state index contributed by atoms with van der Waals surface area (Å²) < 4.78 is 59.8. The van der Waals surface area contributed by atoms with Crippen LogP contribution in [-0.2, 0) is 9.84 Å². The van der Waals surface area contributed by atoms with Gasteiger partial charge in [-0.1, -0.05) is 12.1 Å². The minimum Gasteiger partial charge on any atom is -0.350 e. The molecule has 0 radical (unpaired) electrons. The highest BCUT2D eigenvalue weighted by Gasteiger charge is 2.46. The lowest BCUT2D eigenvalue weighted by molar-refractivity contribution is -0.383. The average molecular weight is 346 g/mol. The van der Waals surface area contributed by atoms with Crippen molar-refractivity contribution in [3.8, 4) is 0 Å². The Balaban J connectivity index is 2.31. The van der Waals surface area contributed by atoms with Crippen LogP contribution in [0.5, 0.6) is 0 Å². The summed E-state index contributed by atoms with van der Waals surface area (Å²) in [5, 5.41) is 13.5. The zero-order valence-corrected chi connectivity index (χ0v) is 12.1. The fourth-order valence-electron chi connectivity index (χ4n) is 1.75. The molecular formula is C13H9F3N2O4S. The Morgan fingerprint density at radius 2 is 1.57 bits per heavy atom. The van der Waals surface area contributed by atoms with Crippen molar-refractivity contribution >= 4 is 26.9 Å². The Hall–Kier alpha value is -2.62. The van der Waals surface area contributed by atoms with Crippen LogP contribution < -0.4 is 5.32 Å². The zero-order chi connectivity index (χ0) is 17.3. The summed E-state index contributed by atoms with van der Waals surface area (Å²) in [5.41, 5.74) is -5.27. The third-order valence-electron chi connectivity index (χ3n) is 2.85. The second-order valence-electron chi connectivity index (χ2n) is 4.37. The molecule has 2 rings (SSSR count). The van der Waals surface area contributed by atoms with E-state index in [2.05, 4.69) is 5.32 Å². The smallest absolute Gasteiger partial charge is 0.350 e. The maximum absolute atomic E-state index is 12.4. The van der Waals surface area contributed by atoms with E-state index in [9.17, 15) is 31.7 Å². The van der Waals surface area contributed by atoms with E-state index in [1.807, 2.05) is 0 Å². The first-order valence-electron chi connectivity index (χ1n) is 6.05. The number of halogens is 3. The van der Waals surface area contributed by atoms with Gasteiger partial charge in [0.1, 0.15) is 5.69 Å². The number of nitrogens with zero attached hydrogens (tertiary/aromatic N) is 1. The predicted octanol–water partition coefficient (Wildman–Crippen LogP) is 3.63. The van der Waals surface area contributed by atoms with Gasteiger partial charge in [0.25, 0.3) is 15.5 Å². The third kappa shape index (κ3) is 3.42. The van der Waals surface area contributed by atoms with Crippen molar-refractivity contribution in [3.63, 3.8) is 0 Å². The molecule has 6 nitrogen and oxygen atoms in total. The average Bonchev–Trinajstić information content (AvgIpc) is 2.47. The van der Waals surface area contributed by atoms with Crippen molar-refractivity contribution in [2.75, 3.05) is 5.32 Å². The second kappa shape index (κ2) is 5.88. The minimum absolute atomic E-state index is 0.129. The van der Waals surface area contributed by atoms with Crippen molar-refractivity contribution in [1.29, 1.82) is 0 Å². The fourth-order valence-corrected chi connectivity index (χ4v) is 2.51. The van der Waals surface area contributed by atoms with Gasteiger partial charge in [0.15, 0.2) is 0 Å². The molecule has 23 heavy (non-hydrogen) atoms. The summed E-state index contributed by atoms with van der Waals surface area (Å²) in [6.07, 6.45) is 0. The summed E-state index contributed by atoms with van der Waals surface area (Å²) in [7, 11) is -5.42. The Morgan fingerprint density at radius 1 is 1.00 bits per heavy atom. The van der Waals surface area contributed by atoms with Crippen molar-refractivity contribution in [1.82, 2.24) is 0 Å². The van der Waals surface area contributed by atoms with Crippen molar-refractivity contribution in [2.45, 2.75) is 10.4 Å². The van der Waals surface area contributed by atoms with Crippen LogP contribution in [0, 0.1) is 10.1 Å². The molecule has 0 saturated heterocycles. The Bertz CT molecular complexity index is 833. The zero-order valence-electron chi connectivity index (χ0n) is 11.2. The molecule has 10 heteroatoms. The van der Waals surface area contributed by atoms with Gasteiger partial charge >= 0.3 is 5.51 Å². The number of para-hydroxylation sites is 2. The lowest BCUT2D eigenvalue weighted by Crippen LogP contribution is -2.23. The second-order valence-corrected chi connectivity index (χ2v) is 6.31. The summed E-state index contributed by atoms with van der Waals surface area (Å²) in [6, 6.07) is 9.41. The molecule has 0 heterocycles. The van der Waals surface area contributed by atoms with Gasteiger partial charge < -0.3 is 5.32 Å². The van der Waals surface area contributed by atoms with Crippen molar-refractivity contribution < 1.29 is 26.5 Å². The van der Waals surface area contributed by atoms with Crippen LogP contribution in [0.2, 0.25) is 0 Å². The standard InChI is InChI=1S/C13H9F3N2O4S/c14-13(15,16)23(21,22)10-7-5-9(6-8-10)17-11-3-1-2-4-12(11)18(19)20/h1-8,17H. The van der Waals surface area contributed by atoms with Crippen molar-refractivity contribution in [3.05, 3.63) is 58.6 Å². The molecule has 0 fully saturated rings. The van der Waals surface area contributed by atoms with E-state index < -0.39 is 25.2 Å². The minimum atomic E-state index is -5.42. The predicted molar refractivity (Wildman–Crippen MR) is 76.1 cm³/mol. The Kier molecular flexibility index (Phi) is 4.28. The van der Waals surface area contributed by atoms with E-state index in [-0.39, 0.29) is 17.1 Å². The maximum atomic E-state index is 12.4. The monoisotopic (exact) mass is 346 g/mol. The molecule has 0 spiro atoms. The molecule has 0 aliphatic rings. The molecule has 0 amide bonds. The summed E-state index contributed by atoms with van der Waals surface area (Å²) in [6.45, 7) is 0. The molecule has 2 aromatic rings. The number of benzene rings is 2. The normalized spacial score (nSPS) is 12.0. The van der Waals surface area contributed by atoms with Gasteiger partial charge in [0.2, 0.25) is 0 Å². The number of hydrogen-bond donors (Lipinski definition) is 1. The summed E-state index contributed by atoms with van der Waals surface area (Å²) in [4.78, 5) is 9.34. The van der Waals surface area contributed by atoms with Crippen LogP contribution in [-0.4, -0.2) is 18.8 Å². The van der Waals surface area contributed by atoms with Gasteiger partial charge in [0, 0.05) is 11.8 Å². The van der Waals surface area contributed by atoms with Crippen LogP contribution in [0.3, 0.4) is 0 Å². The molecule has 0 atom stereocenters. The van der Waals surface area contributed by atoms with Gasteiger partial charge in [-0.3, -0.25) is 10.1 Å². The lowest BCUT2D eigenvalue weighted by Gasteiger charge is -2.10. The van der Waals surface area contributed by atoms with E-state index in [0.29, 0.717) is 0 Å².